The van der Waals surface area contributed by atoms with Crippen LogP contribution < -0.4 is 11.5 Å². The van der Waals surface area contributed by atoms with E-state index in [2.05, 4.69) is 0 Å². The number of nitrogen functional groups attached to an aromatic ring is 1. The van der Waals surface area contributed by atoms with E-state index in [0.29, 0.717) is 11.3 Å². The number of hydrogen-bond acceptors (Lipinski definition) is 4. The zero-order valence-corrected chi connectivity index (χ0v) is 9.32. The van der Waals surface area contributed by atoms with Gasteiger partial charge in [-0.15, -0.1) is 0 Å². The number of methoxy groups -OCH3 is 1. The maximum atomic E-state index is 11.7. The molecule has 86 valence electrons. The largest absolute Gasteiger partial charge is 0.465 e. The normalized spacial score (nSPS) is 17.6. The van der Waals surface area contributed by atoms with Gasteiger partial charge in [0.2, 0.25) is 0 Å². The number of ether oxygens (including phenoxy) is 1. The van der Waals surface area contributed by atoms with Crippen molar-refractivity contribution in [2.24, 2.45) is 5.73 Å². The van der Waals surface area contributed by atoms with Crippen molar-refractivity contribution in [3.63, 3.8) is 0 Å². The quantitative estimate of drug-likeness (QED) is 0.583. The predicted octanol–water partition coefficient (Wildman–Crippen LogP) is 1.39. The van der Waals surface area contributed by atoms with Crippen molar-refractivity contribution in [2.75, 3.05) is 12.8 Å². The van der Waals surface area contributed by atoms with Gasteiger partial charge in [-0.25, -0.2) is 4.79 Å². The summed E-state index contributed by atoms with van der Waals surface area (Å²) in [5.41, 5.74) is 13.3. The molecule has 1 aromatic carbocycles. The van der Waals surface area contributed by atoms with Gasteiger partial charge < -0.3 is 16.2 Å². The van der Waals surface area contributed by atoms with Crippen LogP contribution in [0.4, 0.5) is 5.69 Å². The lowest BCUT2D eigenvalue weighted by atomic mass is 9.71. The number of benzene rings is 1. The molecule has 0 amide bonds. The molecule has 1 aromatic rings. The summed E-state index contributed by atoms with van der Waals surface area (Å²) in [6.07, 6.45) is 2.87. The molecule has 0 heterocycles. The number of rotatable bonds is 2. The van der Waals surface area contributed by atoms with Gasteiger partial charge in [0.05, 0.1) is 12.7 Å². The maximum absolute atomic E-state index is 11.7. The Morgan fingerprint density at radius 3 is 2.62 bits per heavy atom. The van der Waals surface area contributed by atoms with Crippen molar-refractivity contribution < 1.29 is 9.53 Å². The molecular weight excluding hydrogens is 204 g/mol. The summed E-state index contributed by atoms with van der Waals surface area (Å²) in [7, 11) is 1.35. The van der Waals surface area contributed by atoms with Crippen LogP contribution in [0.15, 0.2) is 18.2 Å². The fourth-order valence-electron chi connectivity index (χ4n) is 2.14. The molecule has 0 saturated heterocycles. The smallest absolute Gasteiger partial charge is 0.340 e. The molecule has 0 radical (unpaired) electrons. The molecule has 1 aliphatic carbocycles. The van der Waals surface area contributed by atoms with E-state index in [-0.39, 0.29) is 0 Å². The molecule has 0 unspecified atom stereocenters. The highest BCUT2D eigenvalue weighted by Crippen LogP contribution is 2.41. The van der Waals surface area contributed by atoms with Crippen molar-refractivity contribution in [3.8, 4) is 0 Å². The lowest BCUT2D eigenvalue weighted by Crippen LogP contribution is -2.44. The molecule has 0 atom stereocenters. The third-order valence-electron chi connectivity index (χ3n) is 3.27. The summed E-state index contributed by atoms with van der Waals surface area (Å²) in [5.74, 6) is -0.412. The Morgan fingerprint density at radius 2 is 2.12 bits per heavy atom. The van der Waals surface area contributed by atoms with Gasteiger partial charge in [0, 0.05) is 11.2 Å². The molecule has 4 heteroatoms. The highest BCUT2D eigenvalue weighted by molar-refractivity contribution is 5.97. The zero-order valence-electron chi connectivity index (χ0n) is 9.32. The maximum Gasteiger partial charge on any atom is 0.340 e. The summed E-state index contributed by atoms with van der Waals surface area (Å²) in [4.78, 5) is 11.7. The second-order valence-electron chi connectivity index (χ2n) is 4.27. The van der Waals surface area contributed by atoms with E-state index in [0.717, 1.165) is 24.8 Å². The first-order valence-electron chi connectivity index (χ1n) is 5.34. The fraction of sp³-hybridized carbons (Fsp3) is 0.417. The highest BCUT2D eigenvalue weighted by Gasteiger charge is 2.38. The molecule has 16 heavy (non-hydrogen) atoms. The summed E-state index contributed by atoms with van der Waals surface area (Å²) < 4.78 is 4.75. The number of carbonyl (C=O) groups is 1. The number of nitrogens with two attached hydrogens (primary N) is 2. The lowest BCUT2D eigenvalue weighted by Gasteiger charge is -2.39. The number of esters is 1. The first-order valence-corrected chi connectivity index (χ1v) is 5.34. The van der Waals surface area contributed by atoms with Crippen LogP contribution in [0, 0.1) is 0 Å². The average Bonchev–Trinajstić information content (AvgIpc) is 2.24. The minimum absolute atomic E-state index is 0.404. The monoisotopic (exact) mass is 220 g/mol. The van der Waals surface area contributed by atoms with E-state index in [9.17, 15) is 4.79 Å². The van der Waals surface area contributed by atoms with Crippen molar-refractivity contribution in [1.82, 2.24) is 0 Å². The molecule has 0 spiro atoms. The third kappa shape index (κ3) is 1.55. The molecule has 0 aromatic heterocycles. The molecule has 1 saturated carbocycles. The van der Waals surface area contributed by atoms with Crippen molar-refractivity contribution >= 4 is 11.7 Å². The van der Waals surface area contributed by atoms with E-state index in [4.69, 9.17) is 16.2 Å². The second kappa shape index (κ2) is 3.79. The van der Waals surface area contributed by atoms with Gasteiger partial charge in [0.15, 0.2) is 0 Å². The summed E-state index contributed by atoms with van der Waals surface area (Å²) in [5, 5.41) is 0. The van der Waals surface area contributed by atoms with E-state index >= 15 is 0 Å². The minimum Gasteiger partial charge on any atom is -0.465 e. The van der Waals surface area contributed by atoms with Gasteiger partial charge in [0.1, 0.15) is 0 Å². The van der Waals surface area contributed by atoms with Crippen LogP contribution in [0.5, 0.6) is 0 Å². The van der Waals surface area contributed by atoms with Gasteiger partial charge in [0.25, 0.3) is 0 Å². The van der Waals surface area contributed by atoms with Crippen LogP contribution in [0.2, 0.25) is 0 Å². The molecular formula is C12H16N2O2. The summed E-state index contributed by atoms with van der Waals surface area (Å²) >= 11 is 0. The number of anilines is 1. The number of hydrogen-bond donors (Lipinski definition) is 2. The Labute approximate surface area is 94.6 Å². The van der Waals surface area contributed by atoms with Gasteiger partial charge in [-0.2, -0.15) is 0 Å². The van der Waals surface area contributed by atoms with E-state index < -0.39 is 11.5 Å². The second-order valence-corrected chi connectivity index (χ2v) is 4.27. The molecule has 4 nitrogen and oxygen atoms in total. The first kappa shape index (κ1) is 11.0. The number of carbonyl (C=O) groups excluding carboxylic acids is 1. The Kier molecular flexibility index (Phi) is 2.59. The SMILES string of the molecule is COC(=O)c1c(N)cccc1C1(N)CCC1. The Balaban J connectivity index is 2.52. The Morgan fingerprint density at radius 1 is 1.44 bits per heavy atom. The van der Waals surface area contributed by atoms with Crippen LogP contribution in [0.1, 0.15) is 35.2 Å². The third-order valence-corrected chi connectivity index (χ3v) is 3.27. The molecule has 0 aliphatic heterocycles. The lowest BCUT2D eigenvalue weighted by molar-refractivity contribution is 0.0596. The van der Waals surface area contributed by atoms with E-state index in [1.54, 1.807) is 6.07 Å². The molecule has 1 aliphatic rings. The topological polar surface area (TPSA) is 78.3 Å². The molecule has 2 rings (SSSR count). The van der Waals surface area contributed by atoms with Crippen LogP contribution in [-0.2, 0) is 10.3 Å². The van der Waals surface area contributed by atoms with Crippen LogP contribution >= 0.6 is 0 Å². The summed E-state index contributed by atoms with van der Waals surface area (Å²) in [6, 6.07) is 5.38. The Hall–Kier alpha value is -1.55. The zero-order chi connectivity index (χ0) is 11.8. The summed E-state index contributed by atoms with van der Waals surface area (Å²) in [6.45, 7) is 0. The van der Waals surface area contributed by atoms with Gasteiger partial charge >= 0.3 is 5.97 Å². The van der Waals surface area contributed by atoms with Gasteiger partial charge in [-0.3, -0.25) is 0 Å². The van der Waals surface area contributed by atoms with Crippen molar-refractivity contribution in [1.29, 1.82) is 0 Å². The average molecular weight is 220 g/mol. The van der Waals surface area contributed by atoms with E-state index in [1.165, 1.54) is 7.11 Å². The van der Waals surface area contributed by atoms with E-state index in [1.807, 2.05) is 12.1 Å². The Bertz CT molecular complexity index is 425. The van der Waals surface area contributed by atoms with Crippen molar-refractivity contribution in [2.45, 2.75) is 24.8 Å². The fourth-order valence-corrected chi connectivity index (χ4v) is 2.14. The highest BCUT2D eigenvalue weighted by atomic mass is 16.5. The molecule has 4 N–H and O–H groups in total. The standard InChI is InChI=1S/C12H16N2O2/c1-16-11(15)10-8(4-2-5-9(10)13)12(14)6-3-7-12/h2,4-5H,3,6-7,13-14H2,1H3. The van der Waals surface area contributed by atoms with Crippen LogP contribution in [0.3, 0.4) is 0 Å². The molecule has 0 bridgehead atoms. The predicted molar refractivity (Wildman–Crippen MR) is 61.9 cm³/mol. The minimum atomic E-state index is -0.412. The molecule has 1 fully saturated rings. The first-order chi connectivity index (χ1) is 7.58. The van der Waals surface area contributed by atoms with Crippen LogP contribution in [-0.4, -0.2) is 13.1 Å². The van der Waals surface area contributed by atoms with Gasteiger partial charge in [-0.1, -0.05) is 12.1 Å². The van der Waals surface area contributed by atoms with Gasteiger partial charge in [-0.05, 0) is 30.9 Å². The van der Waals surface area contributed by atoms with Crippen LogP contribution in [0.25, 0.3) is 0 Å². The van der Waals surface area contributed by atoms with Crippen molar-refractivity contribution in [3.05, 3.63) is 29.3 Å².